The van der Waals surface area contributed by atoms with Gasteiger partial charge in [-0.2, -0.15) is 0 Å². The molecule has 0 spiro atoms. The van der Waals surface area contributed by atoms with Gasteiger partial charge in [0.2, 0.25) is 0 Å². The summed E-state index contributed by atoms with van der Waals surface area (Å²) in [6, 6.07) is 11.4. The van der Waals surface area contributed by atoms with Crippen LogP contribution in [0.3, 0.4) is 0 Å². The van der Waals surface area contributed by atoms with Gasteiger partial charge in [0.1, 0.15) is 0 Å². The average Bonchev–Trinajstić information content (AvgIpc) is 2.99. The van der Waals surface area contributed by atoms with Gasteiger partial charge in [0.15, 0.2) is 0 Å². The molecule has 4 atom stereocenters. The molecular weight excluding hydrogens is 206 g/mol. The van der Waals surface area contributed by atoms with Crippen molar-refractivity contribution in [1.82, 2.24) is 5.32 Å². The van der Waals surface area contributed by atoms with Crippen LogP contribution in [0.15, 0.2) is 30.3 Å². The van der Waals surface area contributed by atoms with Crippen LogP contribution in [-0.4, -0.2) is 6.04 Å². The zero-order valence-corrected chi connectivity index (χ0v) is 10.7. The molecule has 0 saturated heterocycles. The number of hydrogen-bond donors (Lipinski definition) is 1. The Morgan fingerprint density at radius 2 is 2.00 bits per heavy atom. The highest BCUT2D eigenvalue weighted by atomic mass is 14.9. The summed E-state index contributed by atoms with van der Waals surface area (Å²) in [7, 11) is 0. The van der Waals surface area contributed by atoms with Crippen LogP contribution in [0.5, 0.6) is 0 Å². The maximum absolute atomic E-state index is 3.73. The van der Waals surface area contributed by atoms with E-state index in [1.165, 1.54) is 31.2 Å². The zero-order valence-electron chi connectivity index (χ0n) is 10.7. The predicted octanol–water partition coefficient (Wildman–Crippen LogP) is 3.60. The molecule has 2 bridgehead atoms. The fraction of sp³-hybridized carbons (Fsp3) is 0.625. The molecule has 0 heterocycles. The Kier molecular flexibility index (Phi) is 3.19. The van der Waals surface area contributed by atoms with Crippen LogP contribution >= 0.6 is 0 Å². The van der Waals surface area contributed by atoms with E-state index in [2.05, 4.69) is 42.6 Å². The van der Waals surface area contributed by atoms with Crippen molar-refractivity contribution in [2.45, 2.75) is 45.2 Å². The second-order valence-corrected chi connectivity index (χ2v) is 5.99. The molecule has 1 aromatic carbocycles. The van der Waals surface area contributed by atoms with E-state index in [9.17, 15) is 0 Å². The van der Waals surface area contributed by atoms with Crippen molar-refractivity contribution in [2.24, 2.45) is 17.8 Å². The molecule has 2 aliphatic rings. The molecule has 92 valence electrons. The summed E-state index contributed by atoms with van der Waals surface area (Å²) in [5.41, 5.74) is 1.41. The molecule has 0 aromatic heterocycles. The molecule has 17 heavy (non-hydrogen) atoms. The topological polar surface area (TPSA) is 12.0 Å². The lowest BCUT2D eigenvalue weighted by atomic mass is 9.84. The Labute approximate surface area is 105 Å². The third-order valence-electron chi connectivity index (χ3n) is 4.91. The lowest BCUT2D eigenvalue weighted by Crippen LogP contribution is -2.35. The van der Waals surface area contributed by atoms with Gasteiger partial charge in [-0.1, -0.05) is 36.8 Å². The minimum Gasteiger partial charge on any atom is -0.310 e. The third-order valence-corrected chi connectivity index (χ3v) is 4.91. The van der Waals surface area contributed by atoms with Crippen molar-refractivity contribution in [3.8, 4) is 0 Å². The number of benzene rings is 1. The second-order valence-electron chi connectivity index (χ2n) is 5.99. The lowest BCUT2D eigenvalue weighted by Gasteiger charge is -2.28. The first-order valence-corrected chi connectivity index (χ1v) is 7.10. The van der Waals surface area contributed by atoms with Crippen molar-refractivity contribution in [2.75, 3.05) is 0 Å². The summed E-state index contributed by atoms with van der Waals surface area (Å²) in [6.45, 7) is 3.41. The first kappa shape index (κ1) is 11.3. The van der Waals surface area contributed by atoms with E-state index >= 15 is 0 Å². The maximum atomic E-state index is 3.73. The van der Waals surface area contributed by atoms with E-state index in [-0.39, 0.29) is 0 Å². The van der Waals surface area contributed by atoms with Crippen LogP contribution in [0, 0.1) is 17.8 Å². The van der Waals surface area contributed by atoms with Gasteiger partial charge < -0.3 is 5.32 Å². The SMILES string of the molecule is C[C@H](NCc1ccccc1)[C@@H]1C[C@@H]2CC[C@@H]1C2. The van der Waals surface area contributed by atoms with Crippen LogP contribution in [0.2, 0.25) is 0 Å². The fourth-order valence-corrected chi connectivity index (χ4v) is 3.93. The zero-order chi connectivity index (χ0) is 11.7. The Morgan fingerprint density at radius 3 is 2.65 bits per heavy atom. The van der Waals surface area contributed by atoms with Crippen molar-refractivity contribution in [1.29, 1.82) is 0 Å². The van der Waals surface area contributed by atoms with E-state index < -0.39 is 0 Å². The summed E-state index contributed by atoms with van der Waals surface area (Å²) in [4.78, 5) is 0. The van der Waals surface area contributed by atoms with Crippen molar-refractivity contribution in [3.63, 3.8) is 0 Å². The maximum Gasteiger partial charge on any atom is 0.0208 e. The quantitative estimate of drug-likeness (QED) is 0.832. The number of nitrogens with one attached hydrogen (secondary N) is 1. The van der Waals surface area contributed by atoms with Gasteiger partial charge in [-0.3, -0.25) is 0 Å². The molecule has 0 aliphatic heterocycles. The molecule has 1 nitrogen and oxygen atoms in total. The minimum absolute atomic E-state index is 0.686. The van der Waals surface area contributed by atoms with Crippen molar-refractivity contribution < 1.29 is 0 Å². The number of hydrogen-bond acceptors (Lipinski definition) is 1. The lowest BCUT2D eigenvalue weighted by molar-refractivity contribution is 0.259. The number of fused-ring (bicyclic) bond motifs is 2. The van der Waals surface area contributed by atoms with Gasteiger partial charge in [-0.25, -0.2) is 0 Å². The molecule has 2 aliphatic carbocycles. The Balaban J connectivity index is 1.52. The molecule has 2 fully saturated rings. The van der Waals surface area contributed by atoms with Gasteiger partial charge in [-0.15, -0.1) is 0 Å². The van der Waals surface area contributed by atoms with E-state index in [4.69, 9.17) is 0 Å². The molecule has 0 unspecified atom stereocenters. The molecule has 1 heteroatoms. The minimum atomic E-state index is 0.686. The van der Waals surface area contributed by atoms with Gasteiger partial charge in [0, 0.05) is 12.6 Å². The highest BCUT2D eigenvalue weighted by molar-refractivity contribution is 5.14. The van der Waals surface area contributed by atoms with Crippen LogP contribution in [0.4, 0.5) is 0 Å². The molecule has 0 radical (unpaired) electrons. The Bertz CT molecular complexity index is 359. The van der Waals surface area contributed by atoms with Crippen LogP contribution < -0.4 is 5.32 Å². The van der Waals surface area contributed by atoms with Crippen molar-refractivity contribution in [3.05, 3.63) is 35.9 Å². The standard InChI is InChI=1S/C16H23N/c1-12(16-10-14-7-8-15(16)9-14)17-11-13-5-3-2-4-6-13/h2-6,12,14-17H,7-11H2,1H3/t12-,14+,15+,16-/m0/s1. The first-order chi connectivity index (χ1) is 8.33. The molecule has 0 amide bonds. The number of rotatable bonds is 4. The smallest absolute Gasteiger partial charge is 0.0208 e. The predicted molar refractivity (Wildman–Crippen MR) is 71.7 cm³/mol. The van der Waals surface area contributed by atoms with Gasteiger partial charge >= 0.3 is 0 Å². The van der Waals surface area contributed by atoms with Gasteiger partial charge in [0.25, 0.3) is 0 Å². The normalized spacial score (nSPS) is 32.9. The van der Waals surface area contributed by atoms with E-state index in [0.717, 1.165) is 24.3 Å². The molecule has 2 saturated carbocycles. The monoisotopic (exact) mass is 229 g/mol. The van der Waals surface area contributed by atoms with Crippen molar-refractivity contribution >= 4 is 0 Å². The summed E-state index contributed by atoms with van der Waals surface area (Å²) < 4.78 is 0. The Morgan fingerprint density at radius 1 is 1.18 bits per heavy atom. The third kappa shape index (κ3) is 2.40. The van der Waals surface area contributed by atoms with E-state index in [1.807, 2.05) is 0 Å². The molecule has 1 N–H and O–H groups in total. The van der Waals surface area contributed by atoms with E-state index in [1.54, 1.807) is 0 Å². The largest absolute Gasteiger partial charge is 0.310 e. The molecule has 3 rings (SSSR count). The van der Waals surface area contributed by atoms with Crippen LogP contribution in [-0.2, 0) is 6.54 Å². The first-order valence-electron chi connectivity index (χ1n) is 7.10. The summed E-state index contributed by atoms with van der Waals surface area (Å²) in [5, 5.41) is 3.73. The summed E-state index contributed by atoms with van der Waals surface area (Å²) in [6.07, 6.45) is 5.99. The van der Waals surface area contributed by atoms with Gasteiger partial charge in [0.05, 0.1) is 0 Å². The van der Waals surface area contributed by atoms with Crippen LogP contribution in [0.25, 0.3) is 0 Å². The molecular formula is C16H23N. The average molecular weight is 229 g/mol. The fourth-order valence-electron chi connectivity index (χ4n) is 3.93. The summed E-state index contributed by atoms with van der Waals surface area (Å²) in [5.74, 6) is 3.03. The van der Waals surface area contributed by atoms with Crippen LogP contribution in [0.1, 0.15) is 38.2 Å². The highest BCUT2D eigenvalue weighted by Crippen LogP contribution is 2.49. The Hall–Kier alpha value is -0.820. The summed E-state index contributed by atoms with van der Waals surface area (Å²) >= 11 is 0. The van der Waals surface area contributed by atoms with E-state index in [0.29, 0.717) is 6.04 Å². The molecule has 1 aromatic rings. The highest BCUT2D eigenvalue weighted by Gasteiger charge is 2.41. The van der Waals surface area contributed by atoms with Gasteiger partial charge in [-0.05, 0) is 49.5 Å². The second kappa shape index (κ2) is 4.81.